The lowest BCUT2D eigenvalue weighted by Gasteiger charge is -2.27. The Hall–Kier alpha value is 0.137. The molecule has 0 aromatic carbocycles. The molecule has 55 valence electrons. The maximum Gasteiger partial charge on any atom is 0.0770 e. The first-order valence-electron chi connectivity index (χ1n) is 3.15. The molecule has 3 heteroatoms. The van der Waals surface area contributed by atoms with Crippen molar-refractivity contribution in [1.29, 1.82) is 0 Å². The van der Waals surface area contributed by atoms with Crippen LogP contribution in [0.2, 0.25) is 0 Å². The summed E-state index contributed by atoms with van der Waals surface area (Å²) in [7, 11) is 0.125. The Morgan fingerprint density at radius 1 is 0.889 bits per heavy atom. The van der Waals surface area contributed by atoms with Gasteiger partial charge >= 0.3 is 0 Å². The van der Waals surface area contributed by atoms with Gasteiger partial charge in [-0.15, -0.1) is 0 Å². The van der Waals surface area contributed by atoms with E-state index in [0.29, 0.717) is 0 Å². The fourth-order valence-corrected chi connectivity index (χ4v) is 2.88. The van der Waals surface area contributed by atoms with E-state index in [2.05, 4.69) is 0 Å². The van der Waals surface area contributed by atoms with Crippen LogP contribution in [0.4, 0.5) is 0 Å². The summed E-state index contributed by atoms with van der Waals surface area (Å²) in [6.07, 6.45) is 0. The zero-order valence-corrected chi connectivity index (χ0v) is 7.89. The highest BCUT2D eigenvalue weighted by molar-refractivity contribution is 6.43. The molecule has 0 amide bonds. The molecule has 0 bridgehead atoms. The van der Waals surface area contributed by atoms with Gasteiger partial charge in [-0.2, -0.15) is 0 Å². The van der Waals surface area contributed by atoms with E-state index in [0.717, 1.165) is 0 Å². The van der Waals surface area contributed by atoms with E-state index in [4.69, 9.17) is 11.5 Å². The van der Waals surface area contributed by atoms with E-state index in [1.807, 2.05) is 27.7 Å². The van der Waals surface area contributed by atoms with E-state index in [-0.39, 0.29) is 19.8 Å². The Morgan fingerprint density at radius 3 is 1.11 bits per heavy atom. The summed E-state index contributed by atoms with van der Waals surface area (Å²) >= 11 is 0. The van der Waals surface area contributed by atoms with Crippen molar-refractivity contribution >= 4 is 9.52 Å². The van der Waals surface area contributed by atoms with Gasteiger partial charge in [-0.25, -0.2) is 0 Å². The molecular weight excluding hydrogens is 128 g/mol. The average molecular weight is 145 g/mol. The molecule has 0 saturated carbocycles. The predicted octanol–water partition coefficient (Wildman–Crippen LogP) is -0.187. The second-order valence-corrected chi connectivity index (χ2v) is 7.05. The largest absolute Gasteiger partial charge is 0.329 e. The first-order chi connectivity index (χ1) is 3.71. The maximum atomic E-state index is 5.78. The van der Waals surface area contributed by atoms with Gasteiger partial charge in [0.15, 0.2) is 0 Å². The number of nitrogens with two attached hydrogens (primary N) is 2. The summed E-state index contributed by atoms with van der Waals surface area (Å²) in [5, 5.41) is -0.115. The van der Waals surface area contributed by atoms with Crippen LogP contribution in [0.1, 0.15) is 27.7 Å². The van der Waals surface area contributed by atoms with Gasteiger partial charge in [0.1, 0.15) is 0 Å². The monoisotopic (exact) mass is 145 g/mol. The van der Waals surface area contributed by atoms with E-state index in [1.165, 1.54) is 0 Å². The summed E-state index contributed by atoms with van der Waals surface area (Å²) in [5.41, 5.74) is 11.6. The van der Waals surface area contributed by atoms with Crippen LogP contribution >= 0.6 is 0 Å². The molecule has 2 nitrogen and oxygen atoms in total. The maximum absolute atomic E-state index is 5.78. The second kappa shape index (κ2) is 2.40. The Bertz CT molecular complexity index is 76.2. The van der Waals surface area contributed by atoms with Gasteiger partial charge in [-0.3, -0.25) is 0 Å². The first kappa shape index (κ1) is 9.14. The Morgan fingerprint density at radius 2 is 1.11 bits per heavy atom. The minimum Gasteiger partial charge on any atom is -0.329 e. The van der Waals surface area contributed by atoms with Crippen LogP contribution in [0.25, 0.3) is 0 Å². The SMILES string of the molecule is CC(C)(N)[SiH]C(C)(C)N. The Kier molecular flexibility index (Phi) is 2.44. The standard InChI is InChI=1S/C6H17N2Si/c1-5(2,7)9-6(3,4)8/h9H,7-8H2,1-4H3. The van der Waals surface area contributed by atoms with Crippen molar-refractivity contribution in [2.24, 2.45) is 11.5 Å². The third kappa shape index (κ3) is 8.14. The zero-order valence-electron chi connectivity index (χ0n) is 6.73. The molecule has 0 aromatic rings. The number of hydrogen-bond donors (Lipinski definition) is 2. The quantitative estimate of drug-likeness (QED) is 0.529. The molecule has 0 rings (SSSR count). The molecule has 0 fully saturated rings. The summed E-state index contributed by atoms with van der Waals surface area (Å²) in [4.78, 5) is 0. The summed E-state index contributed by atoms with van der Waals surface area (Å²) in [6, 6.07) is 0. The van der Waals surface area contributed by atoms with Crippen molar-refractivity contribution in [3.63, 3.8) is 0 Å². The molecule has 0 spiro atoms. The molecule has 4 N–H and O–H groups in total. The van der Waals surface area contributed by atoms with Crippen LogP contribution in [0, 0.1) is 0 Å². The van der Waals surface area contributed by atoms with Gasteiger partial charge in [0.2, 0.25) is 0 Å². The molecular formula is C6H17N2Si. The van der Waals surface area contributed by atoms with Crippen LogP contribution in [0.15, 0.2) is 0 Å². The lowest BCUT2D eigenvalue weighted by Crippen LogP contribution is -2.54. The van der Waals surface area contributed by atoms with Crippen LogP contribution in [0.5, 0.6) is 0 Å². The second-order valence-electron chi connectivity index (χ2n) is 3.79. The van der Waals surface area contributed by atoms with Gasteiger partial charge in [0, 0.05) is 0 Å². The lowest BCUT2D eigenvalue weighted by atomic mass is 10.4. The van der Waals surface area contributed by atoms with Crippen LogP contribution < -0.4 is 11.5 Å². The molecule has 0 aromatic heterocycles. The summed E-state index contributed by atoms with van der Waals surface area (Å²) in [6.45, 7) is 8.10. The molecule has 0 aliphatic carbocycles. The fourth-order valence-electron chi connectivity index (χ4n) is 0.959. The van der Waals surface area contributed by atoms with Gasteiger partial charge in [-0.05, 0) is 10.3 Å². The molecule has 1 radical (unpaired) electrons. The van der Waals surface area contributed by atoms with E-state index in [9.17, 15) is 0 Å². The van der Waals surface area contributed by atoms with Crippen LogP contribution in [0.3, 0.4) is 0 Å². The van der Waals surface area contributed by atoms with Crippen molar-refractivity contribution in [3.05, 3.63) is 0 Å². The average Bonchev–Trinajstić information content (AvgIpc) is 1.14. The van der Waals surface area contributed by atoms with Crippen LogP contribution in [-0.4, -0.2) is 19.8 Å². The highest BCUT2D eigenvalue weighted by atomic mass is 28.2. The van der Waals surface area contributed by atoms with Crippen molar-refractivity contribution in [2.45, 2.75) is 38.0 Å². The van der Waals surface area contributed by atoms with Crippen molar-refractivity contribution in [2.75, 3.05) is 0 Å². The van der Waals surface area contributed by atoms with Crippen molar-refractivity contribution in [1.82, 2.24) is 0 Å². The number of hydrogen-bond acceptors (Lipinski definition) is 2. The van der Waals surface area contributed by atoms with Crippen molar-refractivity contribution < 1.29 is 0 Å². The summed E-state index contributed by atoms with van der Waals surface area (Å²) in [5.74, 6) is 0. The Labute approximate surface area is 59.8 Å². The predicted molar refractivity (Wildman–Crippen MR) is 43.7 cm³/mol. The lowest BCUT2D eigenvalue weighted by molar-refractivity contribution is 0.647. The Balaban J connectivity index is 3.75. The topological polar surface area (TPSA) is 52.0 Å². The zero-order chi connectivity index (χ0) is 7.71. The highest BCUT2D eigenvalue weighted by Gasteiger charge is 2.22. The molecule has 0 aliphatic rings. The fraction of sp³-hybridized carbons (Fsp3) is 1.00. The molecule has 9 heavy (non-hydrogen) atoms. The number of rotatable bonds is 2. The van der Waals surface area contributed by atoms with Crippen molar-refractivity contribution in [3.8, 4) is 0 Å². The molecule has 0 aliphatic heterocycles. The van der Waals surface area contributed by atoms with Gasteiger partial charge < -0.3 is 11.5 Å². The smallest absolute Gasteiger partial charge is 0.0770 e. The molecule has 0 saturated heterocycles. The minimum absolute atomic E-state index is 0.0573. The normalized spacial score (nSPS) is 14.0. The highest BCUT2D eigenvalue weighted by Crippen LogP contribution is 2.03. The third-order valence-electron chi connectivity index (χ3n) is 0.744. The van der Waals surface area contributed by atoms with E-state index >= 15 is 0 Å². The molecule has 0 unspecified atom stereocenters. The summed E-state index contributed by atoms with van der Waals surface area (Å²) < 4.78 is 0. The van der Waals surface area contributed by atoms with E-state index in [1.54, 1.807) is 0 Å². The van der Waals surface area contributed by atoms with E-state index < -0.39 is 0 Å². The first-order valence-corrected chi connectivity index (χ1v) is 4.31. The van der Waals surface area contributed by atoms with Gasteiger partial charge in [0.05, 0.1) is 9.52 Å². The van der Waals surface area contributed by atoms with Crippen LogP contribution in [-0.2, 0) is 0 Å². The van der Waals surface area contributed by atoms with Gasteiger partial charge in [0.25, 0.3) is 0 Å². The molecule has 0 heterocycles. The minimum atomic E-state index is -0.0573. The third-order valence-corrected chi connectivity index (χ3v) is 2.23. The van der Waals surface area contributed by atoms with Gasteiger partial charge in [-0.1, -0.05) is 27.7 Å². The molecule has 0 atom stereocenters.